The molecule has 0 bridgehead atoms. The molecule has 4 N–H and O–H groups in total. The van der Waals surface area contributed by atoms with Gasteiger partial charge in [0.05, 0.1) is 13.2 Å². The van der Waals surface area contributed by atoms with Crippen LogP contribution in [0.4, 0.5) is 18.6 Å². The lowest BCUT2D eigenvalue weighted by Gasteiger charge is -2.26. The van der Waals surface area contributed by atoms with Crippen LogP contribution in [0.3, 0.4) is 0 Å². The fraction of sp³-hybridized carbons (Fsp3) is 0.450. The van der Waals surface area contributed by atoms with Crippen LogP contribution in [-0.4, -0.2) is 60.6 Å². The average molecular weight is 470 g/mol. The normalized spacial score (nSPS) is 14.2. The third-order valence-corrected chi connectivity index (χ3v) is 5.61. The molecular weight excluding hydrogens is 444 g/mol. The molecule has 3 amide bonds. The lowest BCUT2D eigenvalue weighted by Crippen LogP contribution is -2.38. The van der Waals surface area contributed by atoms with Crippen LogP contribution in [0.15, 0.2) is 12.1 Å². The fourth-order valence-corrected chi connectivity index (χ4v) is 3.83. The Bertz CT molecular complexity index is 966. The van der Waals surface area contributed by atoms with E-state index in [1.165, 1.54) is 6.92 Å². The van der Waals surface area contributed by atoms with Gasteiger partial charge < -0.3 is 20.5 Å². The molecule has 2 aromatic rings. The second-order valence-electron chi connectivity index (χ2n) is 7.23. The number of hydrogen-bond donors (Lipinski definition) is 3. The Morgan fingerprint density at radius 3 is 2.75 bits per heavy atom. The third kappa shape index (κ3) is 6.34. The molecule has 0 atom stereocenters. The zero-order valence-electron chi connectivity index (χ0n) is 17.6. The van der Waals surface area contributed by atoms with Crippen molar-refractivity contribution in [3.8, 4) is 5.88 Å². The molecule has 2 heterocycles. The van der Waals surface area contributed by atoms with Crippen molar-refractivity contribution in [2.45, 2.75) is 20.0 Å². The van der Waals surface area contributed by atoms with Crippen molar-refractivity contribution in [2.24, 2.45) is 5.73 Å². The number of amides is 3. The van der Waals surface area contributed by atoms with E-state index in [4.69, 9.17) is 15.2 Å². The molecule has 174 valence electrons. The Hall–Kier alpha value is -2.83. The van der Waals surface area contributed by atoms with Crippen molar-refractivity contribution in [3.63, 3.8) is 0 Å². The Labute approximate surface area is 188 Å². The summed E-state index contributed by atoms with van der Waals surface area (Å²) in [5.41, 5.74) is 5.40. The summed E-state index contributed by atoms with van der Waals surface area (Å²) in [7, 11) is 0. The number of aromatic nitrogens is 1. The Balaban J connectivity index is 1.54. The Kier molecular flexibility index (Phi) is 8.31. The van der Waals surface area contributed by atoms with Gasteiger partial charge in [0.1, 0.15) is 28.8 Å². The van der Waals surface area contributed by atoms with Crippen LogP contribution >= 0.6 is 11.5 Å². The molecule has 0 spiro atoms. The number of urea groups is 1. The standard InChI is InChI=1S/C20H25F2N5O4S/c1-12-9-15(22)13(10-14(12)21)11-31-18-16(17(23)28)19(32-26-18)25-20(29)24-3-2-4-27-5-7-30-8-6-27/h9-10H,2-8,11H2,1H3,(H2,23,28)(H2,24,25,29). The number of nitrogens with two attached hydrogens (primary N) is 1. The van der Waals surface area contributed by atoms with Gasteiger partial charge in [-0.1, -0.05) is 0 Å². The number of aryl methyl sites for hydroxylation is 1. The number of nitrogens with zero attached hydrogens (tertiary/aromatic N) is 2. The van der Waals surface area contributed by atoms with Crippen LogP contribution in [0.2, 0.25) is 0 Å². The number of ether oxygens (including phenoxy) is 2. The second-order valence-corrected chi connectivity index (χ2v) is 8.00. The van der Waals surface area contributed by atoms with Crippen LogP contribution < -0.4 is 21.1 Å². The highest BCUT2D eigenvalue weighted by molar-refractivity contribution is 7.11. The molecule has 0 radical (unpaired) electrons. The fourth-order valence-electron chi connectivity index (χ4n) is 3.10. The maximum Gasteiger partial charge on any atom is 0.319 e. The molecule has 0 saturated carbocycles. The average Bonchev–Trinajstić information content (AvgIpc) is 3.16. The maximum absolute atomic E-state index is 14.0. The predicted octanol–water partition coefficient (Wildman–Crippen LogP) is 2.25. The van der Waals surface area contributed by atoms with Gasteiger partial charge in [0.25, 0.3) is 5.91 Å². The molecule has 0 aliphatic carbocycles. The monoisotopic (exact) mass is 469 g/mol. The molecule has 1 aliphatic heterocycles. The third-order valence-electron chi connectivity index (χ3n) is 4.87. The highest BCUT2D eigenvalue weighted by Gasteiger charge is 2.22. The first-order valence-electron chi connectivity index (χ1n) is 10.1. The number of hydrogen-bond acceptors (Lipinski definition) is 7. The van der Waals surface area contributed by atoms with E-state index >= 15 is 0 Å². The minimum atomic E-state index is -0.869. The number of nitrogens with one attached hydrogen (secondary N) is 2. The minimum Gasteiger partial charge on any atom is -0.471 e. The summed E-state index contributed by atoms with van der Waals surface area (Å²) in [5, 5.41) is 5.35. The van der Waals surface area contributed by atoms with Gasteiger partial charge in [0, 0.05) is 25.2 Å². The molecule has 1 aliphatic rings. The molecule has 1 saturated heterocycles. The number of benzene rings is 1. The molecule has 1 fully saturated rings. The quantitative estimate of drug-likeness (QED) is 0.485. The number of rotatable bonds is 9. The van der Waals surface area contributed by atoms with Crippen LogP contribution in [0.5, 0.6) is 5.88 Å². The van der Waals surface area contributed by atoms with E-state index in [-0.39, 0.29) is 34.2 Å². The first kappa shape index (κ1) is 23.8. The summed E-state index contributed by atoms with van der Waals surface area (Å²) >= 11 is 0.802. The molecule has 1 aromatic heterocycles. The zero-order valence-corrected chi connectivity index (χ0v) is 18.4. The van der Waals surface area contributed by atoms with Gasteiger partial charge in [-0.25, -0.2) is 13.6 Å². The molecule has 0 unspecified atom stereocenters. The van der Waals surface area contributed by atoms with E-state index in [0.717, 1.165) is 49.7 Å². The lowest BCUT2D eigenvalue weighted by atomic mass is 10.1. The lowest BCUT2D eigenvalue weighted by molar-refractivity contribution is 0.0375. The van der Waals surface area contributed by atoms with Crippen molar-refractivity contribution in [1.29, 1.82) is 0 Å². The second kappa shape index (κ2) is 11.2. The zero-order chi connectivity index (χ0) is 23.1. The molecule has 12 heteroatoms. The summed E-state index contributed by atoms with van der Waals surface area (Å²) < 4.78 is 42.4. The first-order chi connectivity index (χ1) is 15.3. The van der Waals surface area contributed by atoms with Crippen molar-refractivity contribution in [3.05, 3.63) is 40.5 Å². The largest absolute Gasteiger partial charge is 0.471 e. The smallest absolute Gasteiger partial charge is 0.319 e. The topological polar surface area (TPSA) is 119 Å². The number of carbonyl (C=O) groups excluding carboxylic acids is 2. The van der Waals surface area contributed by atoms with Gasteiger partial charge in [0.15, 0.2) is 0 Å². The van der Waals surface area contributed by atoms with Crippen LogP contribution in [0.1, 0.15) is 27.9 Å². The van der Waals surface area contributed by atoms with Gasteiger partial charge in [-0.05, 0) is 49.1 Å². The molecular formula is C20H25F2N5O4S. The Morgan fingerprint density at radius 1 is 1.28 bits per heavy atom. The Morgan fingerprint density at radius 2 is 2.03 bits per heavy atom. The maximum atomic E-state index is 14.0. The van der Waals surface area contributed by atoms with E-state index in [2.05, 4.69) is 19.9 Å². The summed E-state index contributed by atoms with van der Waals surface area (Å²) in [4.78, 5) is 26.3. The van der Waals surface area contributed by atoms with Gasteiger partial charge >= 0.3 is 6.03 Å². The van der Waals surface area contributed by atoms with Gasteiger partial charge in [-0.15, -0.1) is 0 Å². The number of anilines is 1. The predicted molar refractivity (Wildman–Crippen MR) is 115 cm³/mol. The summed E-state index contributed by atoms with van der Waals surface area (Å²) in [6.45, 7) is 5.53. The minimum absolute atomic E-state index is 0.0379. The van der Waals surface area contributed by atoms with Gasteiger partial charge in [-0.2, -0.15) is 4.37 Å². The van der Waals surface area contributed by atoms with Crippen LogP contribution in [0.25, 0.3) is 0 Å². The van der Waals surface area contributed by atoms with E-state index in [1.807, 2.05) is 0 Å². The van der Waals surface area contributed by atoms with Gasteiger partial charge in [-0.3, -0.25) is 15.0 Å². The molecule has 9 nitrogen and oxygen atoms in total. The SMILES string of the molecule is Cc1cc(F)c(COc2nsc(NC(=O)NCCCN3CCOCC3)c2C(N)=O)cc1F. The summed E-state index contributed by atoms with van der Waals surface area (Å²) in [6, 6.07) is 1.56. The van der Waals surface area contributed by atoms with Crippen LogP contribution in [0, 0.1) is 18.6 Å². The van der Waals surface area contributed by atoms with E-state index in [0.29, 0.717) is 19.8 Å². The van der Waals surface area contributed by atoms with Gasteiger partial charge in [0.2, 0.25) is 5.88 Å². The van der Waals surface area contributed by atoms with Crippen molar-refractivity contribution < 1.29 is 27.8 Å². The van der Waals surface area contributed by atoms with Crippen molar-refractivity contribution in [1.82, 2.24) is 14.6 Å². The number of morpholine rings is 1. The van der Waals surface area contributed by atoms with E-state index < -0.39 is 23.6 Å². The molecule has 32 heavy (non-hydrogen) atoms. The van der Waals surface area contributed by atoms with E-state index in [9.17, 15) is 18.4 Å². The first-order valence-corrected chi connectivity index (χ1v) is 10.8. The van der Waals surface area contributed by atoms with E-state index in [1.54, 1.807) is 0 Å². The summed E-state index contributed by atoms with van der Waals surface area (Å²) in [6.07, 6.45) is 0.756. The number of halogens is 2. The highest BCUT2D eigenvalue weighted by atomic mass is 32.1. The summed E-state index contributed by atoms with van der Waals surface area (Å²) in [5.74, 6) is -2.25. The van der Waals surface area contributed by atoms with Crippen LogP contribution in [-0.2, 0) is 11.3 Å². The van der Waals surface area contributed by atoms with Crippen molar-refractivity contribution >= 4 is 28.5 Å². The molecule has 3 rings (SSSR count). The number of primary amides is 1. The number of carbonyl (C=O) groups is 2. The molecule has 1 aromatic carbocycles. The van der Waals surface area contributed by atoms with Crippen molar-refractivity contribution in [2.75, 3.05) is 44.7 Å². The highest BCUT2D eigenvalue weighted by Crippen LogP contribution is 2.31.